The molecule has 0 aliphatic rings. The van der Waals surface area contributed by atoms with Crippen LogP contribution in [0.5, 0.6) is 0 Å². The van der Waals surface area contributed by atoms with E-state index in [0.717, 1.165) is 16.9 Å². The fourth-order valence-corrected chi connectivity index (χ4v) is 1.28. The normalized spacial score (nSPS) is 10.6. The van der Waals surface area contributed by atoms with Crippen molar-refractivity contribution in [2.45, 2.75) is 6.54 Å². The number of aromatic nitrogens is 2. The second-order valence-corrected chi connectivity index (χ2v) is 2.95. The highest BCUT2D eigenvalue weighted by Gasteiger charge is 2.09. The van der Waals surface area contributed by atoms with E-state index >= 15 is 0 Å². The molecule has 4 heteroatoms. The largest absolute Gasteiger partial charge is 0.357 e. The minimum absolute atomic E-state index is 0.452. The van der Waals surface area contributed by atoms with Gasteiger partial charge in [-0.15, -0.1) is 0 Å². The fourth-order valence-electron chi connectivity index (χ4n) is 1.28. The first-order valence-electron chi connectivity index (χ1n) is 4.07. The Hall–Kier alpha value is -1.55. The van der Waals surface area contributed by atoms with E-state index in [0.29, 0.717) is 6.54 Å². The Labute approximate surface area is 75.9 Å². The molecule has 0 amide bonds. The minimum Gasteiger partial charge on any atom is -0.357 e. The van der Waals surface area contributed by atoms with Crippen molar-refractivity contribution in [1.82, 2.24) is 9.72 Å². The minimum atomic E-state index is 0.452. The molecule has 0 aromatic carbocycles. The molecule has 0 aliphatic carbocycles. The molecule has 0 aliphatic heterocycles. The van der Waals surface area contributed by atoms with Crippen LogP contribution in [0.25, 0.3) is 11.3 Å². The highest BCUT2D eigenvalue weighted by atomic mass is 16.5. The second kappa shape index (κ2) is 3.06. The van der Waals surface area contributed by atoms with Gasteiger partial charge in [-0.2, -0.15) is 0 Å². The van der Waals surface area contributed by atoms with Gasteiger partial charge in [0.15, 0.2) is 5.76 Å². The average Bonchev–Trinajstić information content (AvgIpc) is 2.71. The first-order chi connectivity index (χ1) is 6.31. The Kier molecular flexibility index (Phi) is 1.90. The predicted molar refractivity (Wildman–Crippen MR) is 48.8 cm³/mol. The summed E-state index contributed by atoms with van der Waals surface area (Å²) in [6, 6.07) is 1.97. The molecule has 0 spiro atoms. The summed E-state index contributed by atoms with van der Waals surface area (Å²) < 4.78 is 7.07. The van der Waals surface area contributed by atoms with Crippen molar-refractivity contribution in [3.05, 3.63) is 30.2 Å². The smallest absolute Gasteiger partial charge is 0.172 e. The molecule has 13 heavy (non-hydrogen) atoms. The Balaban J connectivity index is 2.45. The number of aryl methyl sites for hydroxylation is 1. The summed E-state index contributed by atoms with van der Waals surface area (Å²) in [4.78, 5) is 0. The van der Waals surface area contributed by atoms with Crippen LogP contribution in [0.1, 0.15) is 5.56 Å². The molecule has 0 bridgehead atoms. The van der Waals surface area contributed by atoms with Gasteiger partial charge in [-0.05, 0) is 6.07 Å². The lowest BCUT2D eigenvalue weighted by molar-refractivity contribution is 0.431. The van der Waals surface area contributed by atoms with Gasteiger partial charge in [0.25, 0.3) is 0 Å². The first-order valence-corrected chi connectivity index (χ1v) is 4.07. The van der Waals surface area contributed by atoms with Crippen molar-refractivity contribution in [1.29, 1.82) is 0 Å². The summed E-state index contributed by atoms with van der Waals surface area (Å²) in [6.07, 6.45) is 5.58. The molecule has 2 aromatic heterocycles. The van der Waals surface area contributed by atoms with E-state index in [4.69, 9.17) is 10.3 Å². The molecule has 2 heterocycles. The summed E-state index contributed by atoms with van der Waals surface area (Å²) in [7, 11) is 1.96. The summed E-state index contributed by atoms with van der Waals surface area (Å²) in [5, 5.41) is 3.71. The zero-order chi connectivity index (χ0) is 9.26. The van der Waals surface area contributed by atoms with Crippen LogP contribution in [0.3, 0.4) is 0 Å². The molecule has 0 atom stereocenters. The molecule has 0 unspecified atom stereocenters. The molecule has 0 saturated heterocycles. The highest BCUT2D eigenvalue weighted by Crippen LogP contribution is 2.22. The quantitative estimate of drug-likeness (QED) is 0.748. The standard InChI is InChI=1S/C9H11N3O/c1-12-3-2-7(6-12)9-8(4-10)5-11-13-9/h2-3,5-6H,4,10H2,1H3. The van der Waals surface area contributed by atoms with Crippen molar-refractivity contribution in [2.75, 3.05) is 0 Å². The lowest BCUT2D eigenvalue weighted by atomic mass is 10.2. The molecule has 68 valence electrons. The van der Waals surface area contributed by atoms with E-state index in [1.807, 2.05) is 30.1 Å². The lowest BCUT2D eigenvalue weighted by Crippen LogP contribution is -1.95. The van der Waals surface area contributed by atoms with Gasteiger partial charge < -0.3 is 14.8 Å². The van der Waals surface area contributed by atoms with Gasteiger partial charge in [0.1, 0.15) is 0 Å². The molecule has 2 aromatic rings. The van der Waals surface area contributed by atoms with E-state index in [9.17, 15) is 0 Å². The van der Waals surface area contributed by atoms with E-state index in [1.54, 1.807) is 6.20 Å². The van der Waals surface area contributed by atoms with Crippen LogP contribution in [-0.4, -0.2) is 9.72 Å². The SMILES string of the molecule is Cn1ccc(-c2oncc2CN)c1. The summed E-state index contributed by atoms with van der Waals surface area (Å²) >= 11 is 0. The van der Waals surface area contributed by atoms with E-state index in [2.05, 4.69) is 5.16 Å². The molecule has 4 nitrogen and oxygen atoms in total. The van der Waals surface area contributed by atoms with Crippen molar-refractivity contribution < 1.29 is 4.52 Å². The third-order valence-electron chi connectivity index (χ3n) is 1.96. The van der Waals surface area contributed by atoms with Crippen molar-refractivity contribution in [2.24, 2.45) is 12.8 Å². The molecular formula is C9H11N3O. The third kappa shape index (κ3) is 1.36. The van der Waals surface area contributed by atoms with Crippen LogP contribution in [0, 0.1) is 0 Å². The number of hydrogen-bond donors (Lipinski definition) is 1. The van der Waals surface area contributed by atoms with Crippen molar-refractivity contribution >= 4 is 0 Å². The first kappa shape index (κ1) is 8.07. The highest BCUT2D eigenvalue weighted by molar-refractivity contribution is 5.59. The molecule has 2 N–H and O–H groups in total. The summed E-state index contributed by atoms with van der Waals surface area (Å²) in [5.41, 5.74) is 7.48. The maximum absolute atomic E-state index is 5.53. The van der Waals surface area contributed by atoms with Gasteiger partial charge in [-0.3, -0.25) is 0 Å². The zero-order valence-electron chi connectivity index (χ0n) is 7.40. The van der Waals surface area contributed by atoms with Crippen LogP contribution in [0.4, 0.5) is 0 Å². The van der Waals surface area contributed by atoms with Gasteiger partial charge in [0, 0.05) is 37.1 Å². The Morgan fingerprint density at radius 1 is 1.62 bits per heavy atom. The van der Waals surface area contributed by atoms with Crippen LogP contribution in [0.15, 0.2) is 29.2 Å². The van der Waals surface area contributed by atoms with Gasteiger partial charge in [0.05, 0.1) is 6.20 Å². The fraction of sp³-hybridized carbons (Fsp3) is 0.222. The maximum Gasteiger partial charge on any atom is 0.172 e. The Bertz CT molecular complexity index is 402. The summed E-state index contributed by atoms with van der Waals surface area (Å²) in [6.45, 7) is 0.452. The van der Waals surface area contributed by atoms with Crippen LogP contribution < -0.4 is 5.73 Å². The number of nitrogens with zero attached hydrogens (tertiary/aromatic N) is 2. The van der Waals surface area contributed by atoms with Crippen LogP contribution in [-0.2, 0) is 13.6 Å². The van der Waals surface area contributed by atoms with Crippen molar-refractivity contribution in [3.8, 4) is 11.3 Å². The van der Waals surface area contributed by atoms with Gasteiger partial charge >= 0.3 is 0 Å². The van der Waals surface area contributed by atoms with Gasteiger partial charge in [0.2, 0.25) is 0 Å². The topological polar surface area (TPSA) is 57.0 Å². The maximum atomic E-state index is 5.53. The van der Waals surface area contributed by atoms with E-state index in [-0.39, 0.29) is 0 Å². The molecular weight excluding hydrogens is 166 g/mol. The number of hydrogen-bond acceptors (Lipinski definition) is 3. The Morgan fingerprint density at radius 3 is 3.08 bits per heavy atom. The molecule has 2 rings (SSSR count). The van der Waals surface area contributed by atoms with E-state index in [1.165, 1.54) is 0 Å². The Morgan fingerprint density at radius 2 is 2.46 bits per heavy atom. The molecule has 0 fully saturated rings. The molecule has 0 saturated carbocycles. The predicted octanol–water partition coefficient (Wildman–Crippen LogP) is 1.14. The van der Waals surface area contributed by atoms with Gasteiger partial charge in [-0.1, -0.05) is 5.16 Å². The average molecular weight is 177 g/mol. The second-order valence-electron chi connectivity index (χ2n) is 2.95. The number of nitrogens with two attached hydrogens (primary N) is 1. The van der Waals surface area contributed by atoms with Gasteiger partial charge in [-0.25, -0.2) is 0 Å². The summed E-state index contributed by atoms with van der Waals surface area (Å²) in [5.74, 6) is 0.767. The van der Waals surface area contributed by atoms with Crippen LogP contribution in [0.2, 0.25) is 0 Å². The van der Waals surface area contributed by atoms with Crippen molar-refractivity contribution in [3.63, 3.8) is 0 Å². The number of rotatable bonds is 2. The molecule has 0 radical (unpaired) electrons. The third-order valence-corrected chi connectivity index (χ3v) is 1.96. The lowest BCUT2D eigenvalue weighted by Gasteiger charge is -1.93. The van der Waals surface area contributed by atoms with Crippen LogP contribution >= 0.6 is 0 Å². The monoisotopic (exact) mass is 177 g/mol. The zero-order valence-corrected chi connectivity index (χ0v) is 7.40. The van der Waals surface area contributed by atoms with E-state index < -0.39 is 0 Å².